The van der Waals surface area contributed by atoms with Crippen LogP contribution in [-0.2, 0) is 9.53 Å². The van der Waals surface area contributed by atoms with E-state index in [9.17, 15) is 14.9 Å². The first kappa shape index (κ1) is 14.7. The fourth-order valence-corrected chi connectivity index (χ4v) is 2.16. The number of rotatable bonds is 4. The second-order valence-corrected chi connectivity index (χ2v) is 4.72. The fraction of sp³-hybridized carbons (Fsp3) is 0.188. The van der Waals surface area contributed by atoms with E-state index in [4.69, 9.17) is 4.74 Å². The summed E-state index contributed by atoms with van der Waals surface area (Å²) < 4.78 is 4.84. The van der Waals surface area contributed by atoms with Gasteiger partial charge in [0.1, 0.15) is 5.92 Å². The molecule has 5 nitrogen and oxygen atoms in total. The quantitative estimate of drug-likeness (QED) is 0.491. The average molecular weight is 285 g/mol. The molecule has 5 heteroatoms. The van der Waals surface area contributed by atoms with Gasteiger partial charge < -0.3 is 4.74 Å². The highest BCUT2D eigenvalue weighted by Gasteiger charge is 2.25. The SMILES string of the molecule is COC(=O)C(c1ccc(C)cc1)c1cccc([N+](=O)[O-])c1. The van der Waals surface area contributed by atoms with Gasteiger partial charge in [-0.1, -0.05) is 42.0 Å². The molecule has 21 heavy (non-hydrogen) atoms. The number of benzene rings is 2. The van der Waals surface area contributed by atoms with Crippen LogP contribution in [0.4, 0.5) is 5.69 Å². The first-order chi connectivity index (χ1) is 10.0. The van der Waals surface area contributed by atoms with Gasteiger partial charge in [0.25, 0.3) is 5.69 Å². The molecular formula is C16H15NO4. The lowest BCUT2D eigenvalue weighted by Gasteiger charge is -2.15. The predicted molar refractivity (Wildman–Crippen MR) is 78.1 cm³/mol. The van der Waals surface area contributed by atoms with Crippen LogP contribution in [0.25, 0.3) is 0 Å². The first-order valence-electron chi connectivity index (χ1n) is 6.41. The molecular weight excluding hydrogens is 270 g/mol. The van der Waals surface area contributed by atoms with Crippen molar-refractivity contribution in [2.45, 2.75) is 12.8 Å². The molecule has 0 bridgehead atoms. The molecule has 0 aliphatic heterocycles. The zero-order valence-corrected chi connectivity index (χ0v) is 11.8. The average Bonchev–Trinajstić information content (AvgIpc) is 2.49. The second kappa shape index (κ2) is 6.17. The van der Waals surface area contributed by atoms with Crippen LogP contribution in [0.15, 0.2) is 48.5 Å². The molecule has 0 fully saturated rings. The number of nitro benzene ring substituents is 1. The third-order valence-corrected chi connectivity index (χ3v) is 3.26. The van der Waals surface area contributed by atoms with Crippen LogP contribution in [0.3, 0.4) is 0 Å². The van der Waals surface area contributed by atoms with Crippen LogP contribution in [0, 0.1) is 17.0 Å². The molecule has 0 aliphatic rings. The van der Waals surface area contributed by atoms with Crippen LogP contribution in [-0.4, -0.2) is 18.0 Å². The van der Waals surface area contributed by atoms with Crippen molar-refractivity contribution in [2.24, 2.45) is 0 Å². The number of ether oxygens (including phenoxy) is 1. The van der Waals surface area contributed by atoms with Crippen molar-refractivity contribution in [3.05, 3.63) is 75.3 Å². The fourth-order valence-electron chi connectivity index (χ4n) is 2.16. The van der Waals surface area contributed by atoms with Gasteiger partial charge in [0.2, 0.25) is 0 Å². The molecule has 0 saturated carbocycles. The molecule has 0 amide bonds. The molecule has 0 heterocycles. The number of non-ortho nitro benzene ring substituents is 1. The third kappa shape index (κ3) is 3.25. The van der Waals surface area contributed by atoms with Crippen LogP contribution in [0.1, 0.15) is 22.6 Å². The summed E-state index contributed by atoms with van der Waals surface area (Å²) in [6.07, 6.45) is 0. The summed E-state index contributed by atoms with van der Waals surface area (Å²) in [5.74, 6) is -1.12. The van der Waals surface area contributed by atoms with Crippen molar-refractivity contribution >= 4 is 11.7 Å². The number of carbonyl (C=O) groups is 1. The maximum Gasteiger partial charge on any atom is 0.317 e. The minimum atomic E-state index is -0.671. The van der Waals surface area contributed by atoms with Gasteiger partial charge in [0.15, 0.2) is 0 Å². The van der Waals surface area contributed by atoms with E-state index in [1.165, 1.54) is 19.2 Å². The van der Waals surface area contributed by atoms with Crippen LogP contribution >= 0.6 is 0 Å². The van der Waals surface area contributed by atoms with Gasteiger partial charge in [0, 0.05) is 12.1 Å². The summed E-state index contributed by atoms with van der Waals surface area (Å²) in [7, 11) is 1.31. The number of methoxy groups -OCH3 is 1. The van der Waals surface area contributed by atoms with Gasteiger partial charge in [-0.2, -0.15) is 0 Å². The van der Waals surface area contributed by atoms with Crippen molar-refractivity contribution < 1.29 is 14.5 Å². The number of nitrogens with zero attached hydrogens (tertiary/aromatic N) is 1. The van der Waals surface area contributed by atoms with Gasteiger partial charge in [-0.25, -0.2) is 0 Å². The van der Waals surface area contributed by atoms with E-state index >= 15 is 0 Å². The van der Waals surface area contributed by atoms with Gasteiger partial charge in [-0.05, 0) is 18.1 Å². The Labute approximate surface area is 122 Å². The summed E-state index contributed by atoms with van der Waals surface area (Å²) in [5, 5.41) is 10.9. The lowest BCUT2D eigenvalue weighted by atomic mass is 9.90. The number of aryl methyl sites for hydroxylation is 1. The van der Waals surface area contributed by atoms with E-state index in [1.54, 1.807) is 12.1 Å². The van der Waals surface area contributed by atoms with Crippen LogP contribution in [0.5, 0.6) is 0 Å². The molecule has 0 aliphatic carbocycles. The monoisotopic (exact) mass is 285 g/mol. The number of hydrogen-bond donors (Lipinski definition) is 0. The Balaban J connectivity index is 2.50. The van der Waals surface area contributed by atoms with E-state index in [-0.39, 0.29) is 5.69 Å². The van der Waals surface area contributed by atoms with Crippen molar-refractivity contribution in [1.29, 1.82) is 0 Å². The molecule has 0 spiro atoms. The molecule has 0 saturated heterocycles. The number of carbonyl (C=O) groups excluding carboxylic acids is 1. The maximum atomic E-state index is 12.1. The Bertz CT molecular complexity index is 664. The summed E-state index contributed by atoms with van der Waals surface area (Å²) in [6.45, 7) is 1.95. The summed E-state index contributed by atoms with van der Waals surface area (Å²) in [4.78, 5) is 22.5. The van der Waals surface area contributed by atoms with Crippen molar-refractivity contribution in [1.82, 2.24) is 0 Å². The van der Waals surface area contributed by atoms with E-state index in [2.05, 4.69) is 0 Å². The third-order valence-electron chi connectivity index (χ3n) is 3.26. The Morgan fingerprint density at radius 1 is 1.14 bits per heavy atom. The molecule has 1 atom stereocenters. The minimum absolute atomic E-state index is 0.0477. The van der Waals surface area contributed by atoms with Gasteiger partial charge >= 0.3 is 5.97 Å². The second-order valence-electron chi connectivity index (χ2n) is 4.72. The zero-order chi connectivity index (χ0) is 15.4. The molecule has 2 rings (SSSR count). The zero-order valence-electron chi connectivity index (χ0n) is 11.8. The minimum Gasteiger partial charge on any atom is -0.468 e. The summed E-state index contributed by atoms with van der Waals surface area (Å²) in [5.41, 5.74) is 2.31. The summed E-state index contributed by atoms with van der Waals surface area (Å²) in [6, 6.07) is 13.5. The van der Waals surface area contributed by atoms with Gasteiger partial charge in [0.05, 0.1) is 12.0 Å². The topological polar surface area (TPSA) is 69.4 Å². The number of nitro groups is 1. The van der Waals surface area contributed by atoms with E-state index < -0.39 is 16.8 Å². The van der Waals surface area contributed by atoms with Crippen LogP contribution in [0.2, 0.25) is 0 Å². The Morgan fingerprint density at radius 3 is 2.38 bits per heavy atom. The highest BCUT2D eigenvalue weighted by Crippen LogP contribution is 2.28. The van der Waals surface area contributed by atoms with Gasteiger partial charge in [-0.3, -0.25) is 14.9 Å². The molecule has 2 aromatic carbocycles. The van der Waals surface area contributed by atoms with Crippen molar-refractivity contribution in [3.8, 4) is 0 Å². The molecule has 108 valence electrons. The summed E-state index contributed by atoms with van der Waals surface area (Å²) >= 11 is 0. The predicted octanol–water partition coefficient (Wildman–Crippen LogP) is 3.21. The standard InChI is InChI=1S/C16H15NO4/c1-11-6-8-12(9-7-11)15(16(18)21-2)13-4-3-5-14(10-13)17(19)20/h3-10,15H,1-2H3. The normalized spacial score (nSPS) is 11.7. The maximum absolute atomic E-state index is 12.1. The molecule has 1 unspecified atom stereocenters. The Morgan fingerprint density at radius 2 is 1.81 bits per heavy atom. The molecule has 2 aromatic rings. The highest BCUT2D eigenvalue weighted by atomic mass is 16.6. The van der Waals surface area contributed by atoms with Crippen molar-refractivity contribution in [2.75, 3.05) is 7.11 Å². The Hall–Kier alpha value is -2.69. The molecule has 0 N–H and O–H groups in total. The van der Waals surface area contributed by atoms with Gasteiger partial charge in [-0.15, -0.1) is 0 Å². The molecule has 0 aromatic heterocycles. The van der Waals surface area contributed by atoms with E-state index in [0.717, 1.165) is 11.1 Å². The lowest BCUT2D eigenvalue weighted by Crippen LogP contribution is -2.15. The number of hydrogen-bond acceptors (Lipinski definition) is 4. The first-order valence-corrected chi connectivity index (χ1v) is 6.41. The Kier molecular flexibility index (Phi) is 4.33. The smallest absolute Gasteiger partial charge is 0.317 e. The lowest BCUT2D eigenvalue weighted by molar-refractivity contribution is -0.384. The van der Waals surface area contributed by atoms with Crippen LogP contribution < -0.4 is 0 Å². The highest BCUT2D eigenvalue weighted by molar-refractivity contribution is 5.82. The number of esters is 1. The largest absolute Gasteiger partial charge is 0.468 e. The van der Waals surface area contributed by atoms with E-state index in [1.807, 2.05) is 31.2 Å². The van der Waals surface area contributed by atoms with Crippen molar-refractivity contribution in [3.63, 3.8) is 0 Å². The molecule has 0 radical (unpaired) electrons. The van der Waals surface area contributed by atoms with E-state index in [0.29, 0.717) is 5.56 Å².